The molecule has 21 heavy (non-hydrogen) atoms. The van der Waals surface area contributed by atoms with Crippen molar-refractivity contribution in [3.63, 3.8) is 0 Å². The number of nitrogens with one attached hydrogen (secondary N) is 1. The van der Waals surface area contributed by atoms with Gasteiger partial charge in [-0.05, 0) is 25.3 Å². The summed E-state index contributed by atoms with van der Waals surface area (Å²) in [5.74, 6) is 2.79. The molecular formula is C15H17N5S. The molecule has 0 saturated carbocycles. The molecule has 1 atom stereocenters. The fourth-order valence-corrected chi connectivity index (χ4v) is 3.81. The number of aryl methyl sites for hydroxylation is 2. The van der Waals surface area contributed by atoms with E-state index in [1.807, 2.05) is 6.20 Å². The van der Waals surface area contributed by atoms with Crippen LogP contribution in [0.3, 0.4) is 0 Å². The summed E-state index contributed by atoms with van der Waals surface area (Å²) in [7, 11) is 0. The van der Waals surface area contributed by atoms with Crippen molar-refractivity contribution < 1.29 is 0 Å². The molecule has 3 aromatic rings. The quantitative estimate of drug-likeness (QED) is 0.808. The van der Waals surface area contributed by atoms with Gasteiger partial charge in [0.15, 0.2) is 0 Å². The molecule has 5 nitrogen and oxygen atoms in total. The van der Waals surface area contributed by atoms with Crippen molar-refractivity contribution in [2.45, 2.75) is 26.3 Å². The van der Waals surface area contributed by atoms with E-state index in [-0.39, 0.29) is 0 Å². The van der Waals surface area contributed by atoms with Crippen LogP contribution in [0.1, 0.15) is 17.1 Å². The van der Waals surface area contributed by atoms with Crippen LogP contribution in [-0.2, 0) is 13.0 Å². The molecule has 0 radical (unpaired) electrons. The van der Waals surface area contributed by atoms with Crippen LogP contribution in [0, 0.1) is 12.8 Å². The lowest BCUT2D eigenvalue weighted by Crippen LogP contribution is -2.26. The summed E-state index contributed by atoms with van der Waals surface area (Å²) < 4.78 is 2.26. The van der Waals surface area contributed by atoms with E-state index in [0.717, 1.165) is 35.5 Å². The van der Waals surface area contributed by atoms with Gasteiger partial charge in [0.25, 0.3) is 0 Å². The van der Waals surface area contributed by atoms with Crippen molar-refractivity contribution in [2.24, 2.45) is 5.92 Å². The Morgan fingerprint density at radius 1 is 1.38 bits per heavy atom. The molecule has 6 heteroatoms. The Kier molecular flexibility index (Phi) is 3.11. The fourth-order valence-electron chi connectivity index (χ4n) is 2.96. The maximum absolute atomic E-state index is 4.40. The lowest BCUT2D eigenvalue weighted by Gasteiger charge is -2.24. The standard InChI is InChI=1S/C15H17N5S/c1-10-6-12-14(18-9-19-15(12)21-10)17-7-11-2-3-13-16-4-5-20(13)8-11/h4-6,9,11H,2-3,7-8H2,1H3,(H,17,18,19). The van der Waals surface area contributed by atoms with Gasteiger partial charge < -0.3 is 9.88 Å². The summed E-state index contributed by atoms with van der Waals surface area (Å²) in [6, 6.07) is 2.16. The molecule has 4 heterocycles. The van der Waals surface area contributed by atoms with Gasteiger partial charge in [0, 0.05) is 36.8 Å². The molecule has 1 aliphatic rings. The molecule has 1 N–H and O–H groups in total. The van der Waals surface area contributed by atoms with Gasteiger partial charge in [-0.3, -0.25) is 0 Å². The van der Waals surface area contributed by atoms with Gasteiger partial charge in [-0.15, -0.1) is 11.3 Å². The predicted molar refractivity (Wildman–Crippen MR) is 84.7 cm³/mol. The first-order valence-corrected chi connectivity index (χ1v) is 8.06. The average Bonchev–Trinajstić information content (AvgIpc) is 3.09. The highest BCUT2D eigenvalue weighted by atomic mass is 32.1. The summed E-state index contributed by atoms with van der Waals surface area (Å²) in [6.07, 6.45) is 7.87. The molecule has 0 aromatic carbocycles. The summed E-state index contributed by atoms with van der Waals surface area (Å²) in [6.45, 7) is 4.09. The van der Waals surface area contributed by atoms with E-state index in [1.165, 1.54) is 17.1 Å². The number of aromatic nitrogens is 4. The van der Waals surface area contributed by atoms with E-state index in [1.54, 1.807) is 17.7 Å². The smallest absolute Gasteiger partial charge is 0.138 e. The second-order valence-electron chi connectivity index (χ2n) is 5.58. The molecule has 0 bridgehead atoms. The second-order valence-corrected chi connectivity index (χ2v) is 6.81. The summed E-state index contributed by atoms with van der Waals surface area (Å²) in [4.78, 5) is 15.4. The first-order valence-electron chi connectivity index (χ1n) is 7.24. The van der Waals surface area contributed by atoms with Crippen molar-refractivity contribution >= 4 is 27.4 Å². The number of nitrogens with zero attached hydrogens (tertiary/aromatic N) is 4. The molecule has 0 aliphatic carbocycles. The molecule has 0 amide bonds. The second kappa shape index (κ2) is 5.11. The zero-order valence-corrected chi connectivity index (χ0v) is 12.7. The lowest BCUT2D eigenvalue weighted by atomic mass is 9.99. The highest BCUT2D eigenvalue weighted by Gasteiger charge is 2.19. The highest BCUT2D eigenvalue weighted by Crippen LogP contribution is 2.28. The minimum atomic E-state index is 0.622. The molecule has 108 valence electrons. The first kappa shape index (κ1) is 12.8. The van der Waals surface area contributed by atoms with E-state index in [9.17, 15) is 0 Å². The van der Waals surface area contributed by atoms with Crippen molar-refractivity contribution in [2.75, 3.05) is 11.9 Å². The Hall–Kier alpha value is -1.95. The van der Waals surface area contributed by atoms with Crippen LogP contribution in [-0.4, -0.2) is 26.1 Å². The molecular weight excluding hydrogens is 282 g/mol. The number of imidazole rings is 1. The number of rotatable bonds is 3. The normalized spacial score (nSPS) is 17.9. The van der Waals surface area contributed by atoms with Gasteiger partial charge in [0.1, 0.15) is 22.8 Å². The molecule has 1 unspecified atom stereocenters. The van der Waals surface area contributed by atoms with Crippen LogP contribution in [0.2, 0.25) is 0 Å². The van der Waals surface area contributed by atoms with Gasteiger partial charge in [-0.2, -0.15) is 0 Å². The van der Waals surface area contributed by atoms with Crippen molar-refractivity contribution in [1.29, 1.82) is 0 Å². The Balaban J connectivity index is 1.49. The van der Waals surface area contributed by atoms with Crippen LogP contribution >= 0.6 is 11.3 Å². The maximum atomic E-state index is 4.40. The SMILES string of the molecule is Cc1cc2c(NCC3CCc4nccn4C3)ncnc2s1. The number of hydrogen-bond acceptors (Lipinski definition) is 5. The predicted octanol–water partition coefficient (Wildman–Crippen LogP) is 2.87. The van der Waals surface area contributed by atoms with E-state index < -0.39 is 0 Å². The maximum Gasteiger partial charge on any atom is 0.138 e. The van der Waals surface area contributed by atoms with Gasteiger partial charge in [0.05, 0.1) is 5.39 Å². The van der Waals surface area contributed by atoms with Gasteiger partial charge in [0.2, 0.25) is 0 Å². The van der Waals surface area contributed by atoms with Crippen LogP contribution in [0.25, 0.3) is 10.2 Å². The topological polar surface area (TPSA) is 55.6 Å². The molecule has 3 aromatic heterocycles. The van der Waals surface area contributed by atoms with E-state index in [0.29, 0.717) is 5.92 Å². The minimum absolute atomic E-state index is 0.622. The zero-order chi connectivity index (χ0) is 14.2. The third-order valence-electron chi connectivity index (χ3n) is 4.04. The third-order valence-corrected chi connectivity index (χ3v) is 5.00. The average molecular weight is 299 g/mol. The molecule has 0 spiro atoms. The van der Waals surface area contributed by atoms with Crippen LogP contribution in [0.4, 0.5) is 5.82 Å². The Labute approximate surface area is 127 Å². The zero-order valence-electron chi connectivity index (χ0n) is 11.9. The van der Waals surface area contributed by atoms with Crippen molar-refractivity contribution in [3.05, 3.63) is 35.5 Å². The first-order chi connectivity index (χ1) is 10.3. The fraction of sp³-hybridized carbons (Fsp3) is 0.400. The summed E-state index contributed by atoms with van der Waals surface area (Å²) >= 11 is 1.72. The van der Waals surface area contributed by atoms with E-state index in [4.69, 9.17) is 0 Å². The molecule has 1 aliphatic heterocycles. The van der Waals surface area contributed by atoms with Gasteiger partial charge >= 0.3 is 0 Å². The third kappa shape index (κ3) is 2.40. The number of thiophene rings is 1. The van der Waals surface area contributed by atoms with Crippen LogP contribution in [0.5, 0.6) is 0 Å². The largest absolute Gasteiger partial charge is 0.369 e. The highest BCUT2D eigenvalue weighted by molar-refractivity contribution is 7.18. The lowest BCUT2D eigenvalue weighted by molar-refractivity contribution is 0.381. The van der Waals surface area contributed by atoms with E-state index in [2.05, 4.69) is 44.0 Å². The van der Waals surface area contributed by atoms with Gasteiger partial charge in [-0.1, -0.05) is 0 Å². The van der Waals surface area contributed by atoms with Crippen LogP contribution in [0.15, 0.2) is 24.8 Å². The Bertz CT molecular complexity index is 775. The monoisotopic (exact) mass is 299 g/mol. The summed E-state index contributed by atoms with van der Waals surface area (Å²) in [5, 5.41) is 4.65. The van der Waals surface area contributed by atoms with Crippen molar-refractivity contribution in [3.8, 4) is 0 Å². The number of anilines is 1. The molecule has 0 saturated heterocycles. The number of hydrogen-bond donors (Lipinski definition) is 1. The summed E-state index contributed by atoms with van der Waals surface area (Å²) in [5.41, 5.74) is 0. The molecule has 4 rings (SSSR count). The Morgan fingerprint density at radius 3 is 3.29 bits per heavy atom. The molecule has 0 fully saturated rings. The Morgan fingerprint density at radius 2 is 2.33 bits per heavy atom. The number of fused-ring (bicyclic) bond motifs is 2. The van der Waals surface area contributed by atoms with E-state index >= 15 is 0 Å². The minimum Gasteiger partial charge on any atom is -0.369 e. The van der Waals surface area contributed by atoms with Crippen LogP contribution < -0.4 is 5.32 Å². The van der Waals surface area contributed by atoms with Gasteiger partial charge in [-0.25, -0.2) is 15.0 Å². The van der Waals surface area contributed by atoms with Crippen molar-refractivity contribution in [1.82, 2.24) is 19.5 Å².